The van der Waals surface area contributed by atoms with Crippen molar-refractivity contribution in [1.82, 2.24) is 41.5 Å². The predicted octanol–water partition coefficient (Wildman–Crippen LogP) is 3.33. The van der Waals surface area contributed by atoms with Gasteiger partial charge < -0.3 is 30.3 Å². The van der Waals surface area contributed by atoms with Gasteiger partial charge in [-0.2, -0.15) is 26.3 Å². The van der Waals surface area contributed by atoms with E-state index in [1.165, 1.54) is 0 Å². The fraction of sp³-hybridized carbons (Fsp3) is 0.353. The lowest BCUT2D eigenvalue weighted by Crippen LogP contribution is -2.57. The average molecular weight is 887 g/mol. The molecule has 2 aromatic heterocycles. The normalized spacial score (nSPS) is 19.9. The average Bonchev–Trinajstić information content (AvgIpc) is 3.86. The van der Waals surface area contributed by atoms with E-state index in [0.717, 1.165) is 18.2 Å². The molecule has 4 unspecified atom stereocenters. The molecular weight excluding hydrogens is 859 g/mol. The zero-order chi connectivity index (χ0) is 43.6. The molecule has 26 heteroatoms. The Morgan fingerprint density at radius 3 is 1.72 bits per heavy atom. The number of carboxylic acids is 2. The maximum atomic E-state index is 14.0. The number of aromatic amines is 2. The van der Waals surface area contributed by atoms with Crippen molar-refractivity contribution >= 4 is 31.6 Å². The van der Waals surface area contributed by atoms with Crippen LogP contribution >= 0.6 is 0 Å². The summed E-state index contributed by atoms with van der Waals surface area (Å²) in [7, 11) is -8.61. The summed E-state index contributed by atoms with van der Waals surface area (Å²) in [6.07, 6.45) is -10.0. The fourth-order valence-electron chi connectivity index (χ4n) is 6.32. The second-order valence-corrected chi connectivity index (χ2v) is 17.1. The second kappa shape index (κ2) is 16.8. The van der Waals surface area contributed by atoms with Gasteiger partial charge in [0.15, 0.2) is 0 Å². The molecule has 0 saturated carbocycles. The van der Waals surface area contributed by atoms with Crippen LogP contribution in [-0.4, -0.2) is 105 Å². The van der Waals surface area contributed by atoms with E-state index >= 15 is 0 Å². The number of ether oxygens (including phenoxy) is 2. The molecule has 2 fully saturated rings. The van der Waals surface area contributed by atoms with E-state index in [-0.39, 0.29) is 44.3 Å². The first-order chi connectivity index (χ1) is 28.1. The van der Waals surface area contributed by atoms with E-state index in [9.17, 15) is 57.9 Å². The largest absolute Gasteiger partial charge is 0.476 e. The van der Waals surface area contributed by atoms with Gasteiger partial charge in [-0.25, -0.2) is 36.6 Å². The molecule has 4 heterocycles. The van der Waals surface area contributed by atoms with E-state index in [1.807, 2.05) is 10.2 Å². The summed E-state index contributed by atoms with van der Waals surface area (Å²) in [6.45, 7) is 0.296. The van der Waals surface area contributed by atoms with Crippen LogP contribution in [-0.2, 0) is 32.0 Å². The maximum Gasteiger partial charge on any atom is 0.420 e. The highest BCUT2D eigenvalue weighted by Crippen LogP contribution is 2.39. The van der Waals surface area contributed by atoms with Crippen molar-refractivity contribution in [1.29, 1.82) is 0 Å². The zero-order valence-corrected chi connectivity index (χ0v) is 31.7. The molecule has 4 aromatic rings. The second-order valence-electron chi connectivity index (χ2n) is 13.2. The van der Waals surface area contributed by atoms with Gasteiger partial charge in [-0.1, -0.05) is 20.6 Å². The van der Waals surface area contributed by atoms with Crippen LogP contribution in [0.3, 0.4) is 0 Å². The van der Waals surface area contributed by atoms with E-state index < -0.39 is 118 Å². The first kappa shape index (κ1) is 43.4. The van der Waals surface area contributed by atoms with Crippen LogP contribution in [0.2, 0.25) is 0 Å². The predicted molar refractivity (Wildman–Crippen MR) is 191 cm³/mol. The molecular formula is C34H28F6N8O10S2. The molecule has 6 N–H and O–H groups in total. The van der Waals surface area contributed by atoms with Crippen LogP contribution < -0.4 is 20.1 Å². The molecule has 0 aliphatic carbocycles. The van der Waals surface area contributed by atoms with E-state index in [4.69, 9.17) is 14.6 Å². The van der Waals surface area contributed by atoms with E-state index in [1.54, 1.807) is 0 Å². The quantitative estimate of drug-likeness (QED) is 0.104. The number of aromatic carboxylic acids is 2. The summed E-state index contributed by atoms with van der Waals surface area (Å²) in [4.78, 5) is 22.6. The molecule has 2 saturated heterocycles. The lowest BCUT2D eigenvalue weighted by atomic mass is 9.91. The number of alkyl halides is 6. The number of H-pyrrole nitrogens is 2. The third-order valence-corrected chi connectivity index (χ3v) is 12.6. The molecule has 60 heavy (non-hydrogen) atoms. The topological polar surface area (TPSA) is 269 Å². The van der Waals surface area contributed by atoms with Crippen LogP contribution in [0.4, 0.5) is 26.3 Å². The number of piperidine rings is 2. The summed E-state index contributed by atoms with van der Waals surface area (Å²) >= 11 is 0. The van der Waals surface area contributed by atoms with Crippen molar-refractivity contribution in [2.45, 2.75) is 60.6 Å². The minimum Gasteiger partial charge on any atom is -0.476 e. The highest BCUT2D eigenvalue weighted by Gasteiger charge is 2.40. The number of sulfone groups is 2. The van der Waals surface area contributed by atoms with Gasteiger partial charge in [-0.15, -0.1) is 0 Å². The molecule has 6 rings (SSSR count). The zero-order valence-electron chi connectivity index (χ0n) is 30.0. The molecule has 4 atom stereocenters. The number of carbonyl (C=O) groups is 2. The molecule has 0 spiro atoms. The third kappa shape index (κ3) is 10.1. The standard InChI is InChI=1S/C34H28F6N8O10S2/c35-33(36,37)19-11-18(12-20(14-19)57-29-27(31(49)50)43-47-45-29)6-10-60(55,56)22-4-8-42-25(16-22)24-15-21(3-7-41-24)59(53,54)9-5-17-1-2-26(23(13-17)34(38,39)40)58-30-28(32(51)52)44-48-46-30/h1-2,11-14,21-22,24-25,41-42H,3-4,7-8,15-16H2,(H,49,50)(H,51,52)(H,43,45,47)(H,44,46,48). The van der Waals surface area contributed by atoms with Gasteiger partial charge in [-0.05, 0) is 87.0 Å². The van der Waals surface area contributed by atoms with Gasteiger partial charge in [0.2, 0.25) is 31.1 Å². The molecule has 318 valence electrons. The summed E-state index contributed by atoms with van der Waals surface area (Å²) < 4.78 is 147. The summed E-state index contributed by atoms with van der Waals surface area (Å²) in [5.74, 6) is -1.52. The third-order valence-electron chi connectivity index (χ3n) is 9.22. The van der Waals surface area contributed by atoms with Crippen molar-refractivity contribution in [3.63, 3.8) is 0 Å². The monoisotopic (exact) mass is 886 g/mol. The Labute approximate surface area is 334 Å². The van der Waals surface area contributed by atoms with Gasteiger partial charge in [0.25, 0.3) is 11.8 Å². The van der Waals surface area contributed by atoms with Crippen LogP contribution in [0.25, 0.3) is 0 Å². The van der Waals surface area contributed by atoms with Crippen molar-refractivity contribution in [2.24, 2.45) is 0 Å². The van der Waals surface area contributed by atoms with Gasteiger partial charge in [0.05, 0.1) is 21.6 Å². The van der Waals surface area contributed by atoms with Crippen LogP contribution in [0.15, 0.2) is 36.4 Å². The Morgan fingerprint density at radius 1 is 0.700 bits per heavy atom. The van der Waals surface area contributed by atoms with Crippen molar-refractivity contribution in [3.8, 4) is 45.6 Å². The van der Waals surface area contributed by atoms with Crippen molar-refractivity contribution in [2.75, 3.05) is 13.1 Å². The summed E-state index contributed by atoms with van der Waals surface area (Å²) in [5, 5.41) is 43.7. The number of nitrogens with zero attached hydrogens (tertiary/aromatic N) is 4. The van der Waals surface area contributed by atoms with Crippen molar-refractivity contribution < 1.29 is 72.5 Å². The number of benzene rings is 2. The molecule has 0 bridgehead atoms. The lowest BCUT2D eigenvalue weighted by Gasteiger charge is -2.38. The number of hydrogen-bond donors (Lipinski definition) is 6. The highest BCUT2D eigenvalue weighted by atomic mass is 32.2. The number of hydrogen-bond acceptors (Lipinski definition) is 14. The number of halogens is 6. The van der Waals surface area contributed by atoms with Crippen LogP contribution in [0.5, 0.6) is 23.3 Å². The number of nitrogens with one attached hydrogen (secondary N) is 4. The SMILES string of the molecule is O=C(O)c1[nH]nnc1Oc1cc(C#CS(=O)(=O)C2CCNC(C3CC(S(=O)(=O)C#Cc4ccc(Oc5nn[nH]c5C(=O)O)c(C(F)(F)F)c4)CCN3)C2)cc(C(F)(F)F)c1. The molecule has 18 nitrogen and oxygen atoms in total. The number of carboxylic acid groups (broad SMARTS) is 2. The molecule has 2 aliphatic rings. The first-order valence-corrected chi connectivity index (χ1v) is 20.3. The summed E-state index contributed by atoms with van der Waals surface area (Å²) in [6, 6.07) is 3.19. The van der Waals surface area contributed by atoms with Crippen LogP contribution in [0, 0.1) is 22.3 Å². The Balaban J connectivity index is 1.15. The Bertz CT molecular complexity index is 2660. The molecule has 0 amide bonds. The summed E-state index contributed by atoms with van der Waals surface area (Å²) in [5.41, 5.74) is -4.85. The van der Waals surface area contributed by atoms with E-state index in [0.29, 0.717) is 18.2 Å². The van der Waals surface area contributed by atoms with E-state index in [2.05, 4.69) is 53.6 Å². The molecule has 2 aromatic carbocycles. The minimum atomic E-state index is -5.05. The lowest BCUT2D eigenvalue weighted by molar-refractivity contribution is -0.139. The fourth-order valence-corrected chi connectivity index (χ4v) is 8.95. The molecule has 2 aliphatic heterocycles. The van der Waals surface area contributed by atoms with Gasteiger partial charge in [0, 0.05) is 33.7 Å². The van der Waals surface area contributed by atoms with Crippen molar-refractivity contribution in [3.05, 3.63) is 70.0 Å². The molecule has 0 radical (unpaired) electrons. The highest BCUT2D eigenvalue weighted by molar-refractivity contribution is 7.97. The first-order valence-electron chi connectivity index (χ1n) is 17.2. The minimum absolute atomic E-state index is 0.0531. The maximum absolute atomic E-state index is 14.0. The Morgan fingerprint density at radius 2 is 1.22 bits per heavy atom. The Hall–Kier alpha value is -6.22. The smallest absolute Gasteiger partial charge is 0.420 e. The number of aromatic nitrogens is 6. The van der Waals surface area contributed by atoms with Gasteiger partial charge in [-0.3, -0.25) is 0 Å². The van der Waals surface area contributed by atoms with Crippen LogP contribution in [0.1, 0.15) is 68.9 Å². The van der Waals surface area contributed by atoms with Gasteiger partial charge >= 0.3 is 24.3 Å². The Kier molecular flexibility index (Phi) is 12.1. The number of rotatable bonds is 9. The van der Waals surface area contributed by atoms with Gasteiger partial charge in [0.1, 0.15) is 11.5 Å².